The van der Waals surface area contributed by atoms with Crippen LogP contribution in [-0.2, 0) is 15.0 Å². The minimum absolute atomic E-state index is 0.00188. The number of benzene rings is 1. The second-order valence-electron chi connectivity index (χ2n) is 6.32. The Kier molecular flexibility index (Phi) is 5.01. The second kappa shape index (κ2) is 6.77. The first-order chi connectivity index (χ1) is 10.5. The summed E-state index contributed by atoms with van der Waals surface area (Å²) in [6.45, 7) is 8.83. The first-order valence-electron chi connectivity index (χ1n) is 7.73. The van der Waals surface area contributed by atoms with Gasteiger partial charge in [-0.1, -0.05) is 38.1 Å². The summed E-state index contributed by atoms with van der Waals surface area (Å²) in [4.78, 5) is 25.9. The van der Waals surface area contributed by atoms with Crippen molar-refractivity contribution >= 4 is 17.5 Å². The molecular formula is C18H24N2O2. The van der Waals surface area contributed by atoms with Crippen LogP contribution < -0.4 is 10.2 Å². The highest BCUT2D eigenvalue weighted by Crippen LogP contribution is 2.39. The normalized spacial score (nSPS) is 16.1. The zero-order valence-corrected chi connectivity index (χ0v) is 13.4. The molecule has 0 unspecified atom stereocenters. The fourth-order valence-corrected chi connectivity index (χ4v) is 2.90. The number of amides is 2. The van der Waals surface area contributed by atoms with E-state index in [4.69, 9.17) is 0 Å². The zero-order valence-electron chi connectivity index (χ0n) is 13.4. The maximum Gasteiger partial charge on any atom is 0.227 e. The summed E-state index contributed by atoms with van der Waals surface area (Å²) in [5, 5.41) is 2.75. The van der Waals surface area contributed by atoms with Gasteiger partial charge >= 0.3 is 0 Å². The highest BCUT2D eigenvalue weighted by atomic mass is 16.2. The summed E-state index contributed by atoms with van der Waals surface area (Å²) >= 11 is 0. The van der Waals surface area contributed by atoms with E-state index in [0.29, 0.717) is 32.4 Å². The van der Waals surface area contributed by atoms with Crippen LogP contribution in [0, 0.1) is 0 Å². The molecule has 0 atom stereocenters. The Morgan fingerprint density at radius 3 is 2.86 bits per heavy atom. The van der Waals surface area contributed by atoms with E-state index in [2.05, 4.69) is 31.8 Å². The van der Waals surface area contributed by atoms with Crippen molar-refractivity contribution in [2.75, 3.05) is 18.0 Å². The number of hydrogen-bond donors (Lipinski definition) is 1. The van der Waals surface area contributed by atoms with Crippen molar-refractivity contribution < 1.29 is 9.59 Å². The lowest BCUT2D eigenvalue weighted by Crippen LogP contribution is -2.42. The molecule has 0 fully saturated rings. The Bertz CT molecular complexity index is 578. The number of rotatable bonds is 6. The molecule has 22 heavy (non-hydrogen) atoms. The fraction of sp³-hybridized carbons (Fsp3) is 0.444. The molecule has 1 heterocycles. The third kappa shape index (κ3) is 3.56. The third-order valence-corrected chi connectivity index (χ3v) is 4.05. The van der Waals surface area contributed by atoms with Gasteiger partial charge < -0.3 is 10.2 Å². The van der Waals surface area contributed by atoms with Crippen molar-refractivity contribution in [3.63, 3.8) is 0 Å². The molecule has 0 bridgehead atoms. The van der Waals surface area contributed by atoms with Gasteiger partial charge in [-0.25, -0.2) is 0 Å². The number of hydrogen-bond acceptors (Lipinski definition) is 2. The Labute approximate surface area is 132 Å². The fourth-order valence-electron chi connectivity index (χ4n) is 2.90. The minimum Gasteiger partial charge on any atom is -0.353 e. The average Bonchev–Trinajstić information content (AvgIpc) is 2.48. The van der Waals surface area contributed by atoms with Gasteiger partial charge in [-0.2, -0.15) is 0 Å². The number of carbonyl (C=O) groups is 2. The van der Waals surface area contributed by atoms with Crippen molar-refractivity contribution in [2.24, 2.45) is 0 Å². The monoisotopic (exact) mass is 300 g/mol. The first kappa shape index (κ1) is 16.3. The molecule has 2 rings (SSSR count). The Morgan fingerprint density at radius 2 is 2.14 bits per heavy atom. The largest absolute Gasteiger partial charge is 0.353 e. The number of carbonyl (C=O) groups excluding carboxylic acids is 2. The zero-order chi connectivity index (χ0) is 16.2. The smallest absolute Gasteiger partial charge is 0.227 e. The molecule has 0 aliphatic carbocycles. The molecule has 4 nitrogen and oxygen atoms in total. The lowest BCUT2D eigenvalue weighted by Gasteiger charge is -2.38. The third-order valence-electron chi connectivity index (χ3n) is 4.05. The highest BCUT2D eigenvalue weighted by Gasteiger charge is 2.35. The van der Waals surface area contributed by atoms with Gasteiger partial charge in [-0.3, -0.25) is 9.59 Å². The van der Waals surface area contributed by atoms with Gasteiger partial charge in [0.15, 0.2) is 0 Å². The van der Waals surface area contributed by atoms with E-state index in [1.807, 2.05) is 23.1 Å². The molecule has 118 valence electrons. The molecule has 0 radical (unpaired) electrons. The van der Waals surface area contributed by atoms with E-state index in [1.165, 1.54) is 5.56 Å². The van der Waals surface area contributed by atoms with Gasteiger partial charge in [0.2, 0.25) is 11.8 Å². The summed E-state index contributed by atoms with van der Waals surface area (Å²) < 4.78 is 0. The molecule has 4 heteroatoms. The summed E-state index contributed by atoms with van der Waals surface area (Å²) in [6.07, 6.45) is 3.24. The first-order valence-corrected chi connectivity index (χ1v) is 7.73. The van der Waals surface area contributed by atoms with E-state index in [1.54, 1.807) is 6.08 Å². The average molecular weight is 300 g/mol. The highest BCUT2D eigenvalue weighted by molar-refractivity contribution is 5.97. The molecule has 1 N–H and O–H groups in total. The van der Waals surface area contributed by atoms with Gasteiger partial charge in [-0.05, 0) is 18.1 Å². The summed E-state index contributed by atoms with van der Waals surface area (Å²) in [6, 6.07) is 8.05. The van der Waals surface area contributed by atoms with Crippen molar-refractivity contribution in [1.82, 2.24) is 5.32 Å². The molecule has 2 amide bonds. The van der Waals surface area contributed by atoms with Crippen LogP contribution in [-0.4, -0.2) is 24.9 Å². The number of para-hydroxylation sites is 1. The van der Waals surface area contributed by atoms with Crippen molar-refractivity contribution in [3.8, 4) is 0 Å². The minimum atomic E-state index is -0.133. The molecule has 0 aromatic heterocycles. The predicted octanol–water partition coefficient (Wildman–Crippen LogP) is 2.78. The number of nitrogens with zero attached hydrogens (tertiary/aromatic N) is 1. The van der Waals surface area contributed by atoms with Crippen LogP contribution in [0.5, 0.6) is 0 Å². The number of nitrogens with one attached hydrogen (secondary N) is 1. The van der Waals surface area contributed by atoms with Crippen molar-refractivity contribution in [2.45, 2.75) is 38.5 Å². The predicted molar refractivity (Wildman–Crippen MR) is 88.9 cm³/mol. The lowest BCUT2D eigenvalue weighted by molar-refractivity contribution is -0.122. The van der Waals surface area contributed by atoms with Gasteiger partial charge in [0.25, 0.3) is 0 Å². The number of fused-ring (bicyclic) bond motifs is 1. The van der Waals surface area contributed by atoms with E-state index in [9.17, 15) is 9.59 Å². The molecule has 1 aliphatic rings. The summed E-state index contributed by atoms with van der Waals surface area (Å²) in [7, 11) is 0. The Hall–Kier alpha value is -2.10. The van der Waals surface area contributed by atoms with Crippen LogP contribution in [0.15, 0.2) is 36.9 Å². The lowest BCUT2D eigenvalue weighted by atomic mass is 9.77. The Balaban J connectivity index is 2.03. The maximum absolute atomic E-state index is 12.4. The van der Waals surface area contributed by atoms with Crippen LogP contribution >= 0.6 is 0 Å². The van der Waals surface area contributed by atoms with Crippen LogP contribution in [0.4, 0.5) is 5.69 Å². The SMILES string of the molecule is C=CCNC(=O)CCCN1C(=O)CC(C)(C)c2ccccc21. The molecule has 1 aromatic rings. The standard InChI is InChI=1S/C18H24N2O2/c1-4-11-19-16(21)10-7-12-20-15-9-6-5-8-14(15)18(2,3)13-17(20)22/h4-6,8-9H,1,7,10-13H2,2-3H3,(H,19,21). The second-order valence-corrected chi connectivity index (χ2v) is 6.32. The van der Waals surface area contributed by atoms with E-state index >= 15 is 0 Å². The topological polar surface area (TPSA) is 49.4 Å². The van der Waals surface area contributed by atoms with Crippen LogP contribution in [0.25, 0.3) is 0 Å². The van der Waals surface area contributed by atoms with Crippen LogP contribution in [0.2, 0.25) is 0 Å². The molecule has 0 saturated heterocycles. The summed E-state index contributed by atoms with van der Waals surface area (Å²) in [5.74, 6) is 0.133. The van der Waals surface area contributed by atoms with Crippen molar-refractivity contribution in [1.29, 1.82) is 0 Å². The maximum atomic E-state index is 12.4. The summed E-state index contributed by atoms with van der Waals surface area (Å²) in [5.41, 5.74) is 2.05. The van der Waals surface area contributed by atoms with E-state index in [-0.39, 0.29) is 17.2 Å². The number of anilines is 1. The van der Waals surface area contributed by atoms with Crippen molar-refractivity contribution in [3.05, 3.63) is 42.5 Å². The van der Waals surface area contributed by atoms with Gasteiger partial charge in [0.05, 0.1) is 0 Å². The molecule has 1 aliphatic heterocycles. The molecule has 0 spiro atoms. The van der Waals surface area contributed by atoms with Gasteiger partial charge in [0, 0.05) is 37.0 Å². The quantitative estimate of drug-likeness (QED) is 0.821. The molecule has 1 aromatic carbocycles. The van der Waals surface area contributed by atoms with E-state index in [0.717, 1.165) is 5.69 Å². The van der Waals surface area contributed by atoms with Crippen LogP contribution in [0.1, 0.15) is 38.7 Å². The Morgan fingerprint density at radius 1 is 1.41 bits per heavy atom. The van der Waals surface area contributed by atoms with Crippen LogP contribution in [0.3, 0.4) is 0 Å². The van der Waals surface area contributed by atoms with Gasteiger partial charge in [-0.15, -0.1) is 6.58 Å². The molecular weight excluding hydrogens is 276 g/mol. The van der Waals surface area contributed by atoms with Gasteiger partial charge in [0.1, 0.15) is 0 Å². The molecule has 0 saturated carbocycles. The van der Waals surface area contributed by atoms with E-state index < -0.39 is 0 Å².